The molecule has 0 amide bonds. The van der Waals surface area contributed by atoms with Crippen LogP contribution in [0.4, 0.5) is 0 Å². The summed E-state index contributed by atoms with van der Waals surface area (Å²) in [4.78, 5) is -0.00817. The van der Waals surface area contributed by atoms with Crippen molar-refractivity contribution in [3.05, 3.63) is 66.5 Å². The number of rotatable bonds is 2. The molecule has 0 spiro atoms. The Kier molecular flexibility index (Phi) is 5.18. The number of hydrogen-bond donors (Lipinski definition) is 0. The Balaban J connectivity index is 2.47. The van der Waals surface area contributed by atoms with Crippen LogP contribution in [0.2, 0.25) is 10.0 Å². The largest absolute Gasteiger partial charge is 0.0843 e. The van der Waals surface area contributed by atoms with Crippen molar-refractivity contribution in [3.8, 4) is 0 Å². The van der Waals surface area contributed by atoms with E-state index < -0.39 is 0 Å². The van der Waals surface area contributed by atoms with Crippen molar-refractivity contribution in [1.82, 2.24) is 0 Å². The van der Waals surface area contributed by atoms with Crippen LogP contribution in [-0.4, -0.2) is 0 Å². The van der Waals surface area contributed by atoms with Crippen molar-refractivity contribution in [2.24, 2.45) is 0 Å². The first-order valence-electron chi connectivity index (χ1n) is 5.03. The van der Waals surface area contributed by atoms with E-state index in [0.717, 1.165) is 20.1 Å². The van der Waals surface area contributed by atoms with Crippen molar-refractivity contribution in [2.75, 3.05) is 0 Å². The monoisotopic (exact) mass is 470 g/mol. The summed E-state index contributed by atoms with van der Waals surface area (Å²) in [5.41, 5.74) is 2.05. The molecule has 0 aliphatic rings. The number of halogens is 5. The van der Waals surface area contributed by atoms with Crippen LogP contribution in [0.1, 0.15) is 16.0 Å². The highest BCUT2D eigenvalue weighted by atomic mass is 79.9. The molecule has 0 heterocycles. The Hall–Kier alpha value is 0.460. The normalized spacial score (nSPS) is 12.5. The first-order chi connectivity index (χ1) is 8.49. The third kappa shape index (κ3) is 3.31. The van der Waals surface area contributed by atoms with Gasteiger partial charge in [0.25, 0.3) is 0 Å². The van der Waals surface area contributed by atoms with Crippen molar-refractivity contribution in [2.45, 2.75) is 4.83 Å². The maximum absolute atomic E-state index is 6.21. The maximum Gasteiger partial charge on any atom is 0.0670 e. The molecule has 2 aromatic carbocycles. The minimum Gasteiger partial charge on any atom is -0.0843 e. The highest BCUT2D eigenvalue weighted by Crippen LogP contribution is 2.40. The molecule has 0 aliphatic carbocycles. The van der Waals surface area contributed by atoms with Gasteiger partial charge >= 0.3 is 0 Å². The summed E-state index contributed by atoms with van der Waals surface area (Å²) in [6, 6.07) is 11.5. The molecule has 5 heteroatoms. The first kappa shape index (κ1) is 14.9. The lowest BCUT2D eigenvalue weighted by atomic mass is 10.0. The summed E-state index contributed by atoms with van der Waals surface area (Å²) < 4.78 is 2.03. The van der Waals surface area contributed by atoms with Crippen LogP contribution in [0.25, 0.3) is 0 Å². The molecule has 18 heavy (non-hydrogen) atoms. The van der Waals surface area contributed by atoms with Crippen LogP contribution in [0.5, 0.6) is 0 Å². The predicted octanol–water partition coefficient (Wildman–Crippen LogP) is 7.00. The molecule has 0 N–H and O–H groups in total. The van der Waals surface area contributed by atoms with E-state index in [1.165, 1.54) is 0 Å². The smallest absolute Gasteiger partial charge is 0.0670 e. The van der Waals surface area contributed by atoms with Crippen LogP contribution < -0.4 is 0 Å². The Morgan fingerprint density at radius 2 is 1.61 bits per heavy atom. The van der Waals surface area contributed by atoms with E-state index in [0.29, 0.717) is 10.0 Å². The zero-order valence-corrected chi connectivity index (χ0v) is 15.2. The molecular formula is C13H7Br3Cl2. The second-order valence-corrected chi connectivity index (χ2v) is 7.22. The zero-order chi connectivity index (χ0) is 13.3. The quantitative estimate of drug-likeness (QED) is 0.412. The first-order valence-corrected chi connectivity index (χ1v) is 8.29. The summed E-state index contributed by atoms with van der Waals surface area (Å²) >= 11 is 22.9. The maximum atomic E-state index is 6.21. The molecule has 0 fully saturated rings. The predicted molar refractivity (Wildman–Crippen MR) is 89.1 cm³/mol. The summed E-state index contributed by atoms with van der Waals surface area (Å²) in [5.74, 6) is 0. The van der Waals surface area contributed by atoms with Crippen molar-refractivity contribution in [1.29, 1.82) is 0 Å². The molecule has 0 bridgehead atoms. The van der Waals surface area contributed by atoms with Gasteiger partial charge in [0, 0.05) is 19.0 Å². The minimum absolute atomic E-state index is 0.00817. The van der Waals surface area contributed by atoms with Gasteiger partial charge in [-0.2, -0.15) is 0 Å². The zero-order valence-electron chi connectivity index (χ0n) is 8.93. The van der Waals surface area contributed by atoms with Gasteiger partial charge in [0.05, 0.1) is 4.83 Å². The van der Waals surface area contributed by atoms with Gasteiger partial charge in [0.2, 0.25) is 0 Å². The van der Waals surface area contributed by atoms with Crippen LogP contribution in [0.15, 0.2) is 45.3 Å². The average Bonchev–Trinajstić information content (AvgIpc) is 2.31. The molecule has 2 aromatic rings. The lowest BCUT2D eigenvalue weighted by Crippen LogP contribution is -1.95. The fourth-order valence-corrected chi connectivity index (χ4v) is 4.48. The number of alkyl halides is 1. The molecule has 1 atom stereocenters. The molecule has 0 saturated heterocycles. The fraction of sp³-hybridized carbons (Fsp3) is 0.0769. The van der Waals surface area contributed by atoms with E-state index in [9.17, 15) is 0 Å². The van der Waals surface area contributed by atoms with Gasteiger partial charge in [-0.3, -0.25) is 0 Å². The van der Waals surface area contributed by atoms with E-state index in [4.69, 9.17) is 23.2 Å². The van der Waals surface area contributed by atoms with Crippen LogP contribution in [0.3, 0.4) is 0 Å². The molecule has 0 saturated carbocycles. The highest BCUT2D eigenvalue weighted by molar-refractivity contribution is 9.11. The Morgan fingerprint density at radius 1 is 0.889 bits per heavy atom. The summed E-state index contributed by atoms with van der Waals surface area (Å²) in [6.45, 7) is 0. The second-order valence-electron chi connectivity index (χ2n) is 3.69. The standard InChI is InChI=1S/C13H7Br3Cl2/c14-7-1-3-9(11(15)5-7)13(16)10-6-8(17)2-4-12(10)18/h1-6,13H. The molecular weight excluding hydrogens is 467 g/mol. The molecule has 0 aromatic heterocycles. The fourth-order valence-electron chi connectivity index (χ4n) is 1.58. The Morgan fingerprint density at radius 3 is 2.28 bits per heavy atom. The number of hydrogen-bond acceptors (Lipinski definition) is 0. The Labute approximate surface area is 141 Å². The van der Waals surface area contributed by atoms with Crippen molar-refractivity contribution < 1.29 is 0 Å². The van der Waals surface area contributed by atoms with Crippen molar-refractivity contribution >= 4 is 71.0 Å². The van der Waals surface area contributed by atoms with E-state index in [1.54, 1.807) is 12.1 Å². The van der Waals surface area contributed by atoms with Gasteiger partial charge in [0.15, 0.2) is 0 Å². The third-order valence-electron chi connectivity index (χ3n) is 2.47. The van der Waals surface area contributed by atoms with E-state index in [1.807, 2.05) is 24.3 Å². The molecule has 0 nitrogen and oxygen atoms in total. The average molecular weight is 474 g/mol. The van der Waals surface area contributed by atoms with Gasteiger partial charge < -0.3 is 0 Å². The lowest BCUT2D eigenvalue weighted by Gasteiger charge is -2.15. The van der Waals surface area contributed by atoms with Crippen LogP contribution >= 0.6 is 71.0 Å². The van der Waals surface area contributed by atoms with E-state index in [-0.39, 0.29) is 4.83 Å². The minimum atomic E-state index is -0.00817. The lowest BCUT2D eigenvalue weighted by molar-refractivity contribution is 1.16. The Bertz CT molecular complexity index is 584. The molecule has 1 unspecified atom stereocenters. The highest BCUT2D eigenvalue weighted by Gasteiger charge is 2.17. The molecule has 0 radical (unpaired) electrons. The second kappa shape index (κ2) is 6.27. The third-order valence-corrected chi connectivity index (χ3v) is 5.21. The SMILES string of the molecule is Clc1ccc(Cl)c(C(Br)c2ccc(Br)cc2Br)c1. The van der Waals surface area contributed by atoms with Crippen LogP contribution in [0, 0.1) is 0 Å². The van der Waals surface area contributed by atoms with E-state index >= 15 is 0 Å². The van der Waals surface area contributed by atoms with Crippen LogP contribution in [-0.2, 0) is 0 Å². The summed E-state index contributed by atoms with van der Waals surface area (Å²) in [5, 5.41) is 1.36. The van der Waals surface area contributed by atoms with Gasteiger partial charge in [-0.05, 0) is 41.5 Å². The van der Waals surface area contributed by atoms with Gasteiger partial charge in [-0.1, -0.05) is 77.1 Å². The van der Waals surface area contributed by atoms with Gasteiger partial charge in [-0.25, -0.2) is 0 Å². The summed E-state index contributed by atoms with van der Waals surface area (Å²) in [7, 11) is 0. The van der Waals surface area contributed by atoms with Crippen molar-refractivity contribution in [3.63, 3.8) is 0 Å². The van der Waals surface area contributed by atoms with Gasteiger partial charge in [-0.15, -0.1) is 0 Å². The molecule has 0 aliphatic heterocycles. The molecule has 2 rings (SSSR count). The summed E-state index contributed by atoms with van der Waals surface area (Å²) in [6.07, 6.45) is 0. The number of benzene rings is 2. The van der Waals surface area contributed by atoms with Gasteiger partial charge in [0.1, 0.15) is 0 Å². The molecule has 94 valence electrons. The van der Waals surface area contributed by atoms with E-state index in [2.05, 4.69) is 47.8 Å². The topological polar surface area (TPSA) is 0 Å².